The highest BCUT2D eigenvalue weighted by Gasteiger charge is 2.32. The standard InChI is InChI=1S/C16H19Cl2NO3/c1-19(9-10-5-6-13(17)14(18)7-10)15(20)11-3-2-4-12(8-11)16(21)22/h5-7,11-12H,2-4,8-9H2,1H3,(H,21,22). The second kappa shape index (κ2) is 7.34. The molecule has 1 aromatic carbocycles. The van der Waals surface area contributed by atoms with Gasteiger partial charge in [-0.15, -0.1) is 0 Å². The third kappa shape index (κ3) is 4.14. The molecule has 120 valence electrons. The molecule has 2 atom stereocenters. The topological polar surface area (TPSA) is 57.6 Å². The van der Waals surface area contributed by atoms with E-state index in [1.54, 1.807) is 24.1 Å². The molecule has 0 heterocycles. The van der Waals surface area contributed by atoms with Crippen LogP contribution in [0.4, 0.5) is 0 Å². The van der Waals surface area contributed by atoms with Gasteiger partial charge in [0.05, 0.1) is 16.0 Å². The quantitative estimate of drug-likeness (QED) is 0.903. The predicted molar refractivity (Wildman–Crippen MR) is 86.0 cm³/mol. The highest BCUT2D eigenvalue weighted by molar-refractivity contribution is 6.42. The summed E-state index contributed by atoms with van der Waals surface area (Å²) in [4.78, 5) is 25.2. The van der Waals surface area contributed by atoms with Crippen molar-refractivity contribution >= 4 is 35.1 Å². The van der Waals surface area contributed by atoms with Crippen molar-refractivity contribution in [2.24, 2.45) is 11.8 Å². The monoisotopic (exact) mass is 343 g/mol. The number of hydrogen-bond donors (Lipinski definition) is 1. The lowest BCUT2D eigenvalue weighted by Crippen LogP contribution is -2.36. The summed E-state index contributed by atoms with van der Waals surface area (Å²) >= 11 is 11.9. The largest absolute Gasteiger partial charge is 0.481 e. The first-order valence-electron chi connectivity index (χ1n) is 7.30. The van der Waals surface area contributed by atoms with Crippen LogP contribution in [-0.2, 0) is 16.1 Å². The summed E-state index contributed by atoms with van der Waals surface area (Å²) in [6, 6.07) is 5.28. The van der Waals surface area contributed by atoms with Crippen LogP contribution in [0.15, 0.2) is 18.2 Å². The van der Waals surface area contributed by atoms with Gasteiger partial charge in [-0.1, -0.05) is 35.7 Å². The number of halogens is 2. The maximum absolute atomic E-state index is 12.5. The number of carbonyl (C=O) groups excluding carboxylic acids is 1. The smallest absolute Gasteiger partial charge is 0.306 e. The normalized spacial score (nSPS) is 21.4. The van der Waals surface area contributed by atoms with Gasteiger partial charge >= 0.3 is 5.97 Å². The molecule has 0 spiro atoms. The first kappa shape index (κ1) is 17.1. The van der Waals surface area contributed by atoms with E-state index in [0.717, 1.165) is 18.4 Å². The highest BCUT2D eigenvalue weighted by atomic mass is 35.5. The molecule has 0 aromatic heterocycles. The molecule has 2 unspecified atom stereocenters. The lowest BCUT2D eigenvalue weighted by Gasteiger charge is -2.29. The Balaban J connectivity index is 1.99. The van der Waals surface area contributed by atoms with E-state index >= 15 is 0 Å². The Bertz CT molecular complexity index is 577. The molecule has 1 aliphatic rings. The van der Waals surface area contributed by atoms with E-state index in [2.05, 4.69) is 0 Å². The second-order valence-corrected chi connectivity index (χ2v) is 6.66. The average molecular weight is 344 g/mol. The average Bonchev–Trinajstić information content (AvgIpc) is 2.50. The molecule has 0 saturated heterocycles. The maximum Gasteiger partial charge on any atom is 0.306 e. The molecule has 4 nitrogen and oxygen atoms in total. The molecule has 0 bridgehead atoms. The number of rotatable bonds is 4. The summed E-state index contributed by atoms with van der Waals surface area (Å²) in [7, 11) is 1.73. The van der Waals surface area contributed by atoms with Crippen LogP contribution in [0.5, 0.6) is 0 Å². The van der Waals surface area contributed by atoms with Gasteiger partial charge in [0.15, 0.2) is 0 Å². The predicted octanol–water partition coefficient (Wildman–Crippen LogP) is 3.84. The summed E-state index contributed by atoms with van der Waals surface area (Å²) < 4.78 is 0. The lowest BCUT2D eigenvalue weighted by molar-refractivity contribution is -0.145. The van der Waals surface area contributed by atoms with Gasteiger partial charge in [-0.3, -0.25) is 9.59 Å². The minimum Gasteiger partial charge on any atom is -0.481 e. The van der Waals surface area contributed by atoms with Crippen molar-refractivity contribution in [3.05, 3.63) is 33.8 Å². The SMILES string of the molecule is CN(Cc1ccc(Cl)c(Cl)c1)C(=O)C1CCCC(C(=O)O)C1. The number of benzene rings is 1. The Kier molecular flexibility index (Phi) is 5.70. The first-order valence-corrected chi connectivity index (χ1v) is 8.05. The van der Waals surface area contributed by atoms with Crippen molar-refractivity contribution in [3.8, 4) is 0 Å². The fourth-order valence-corrected chi connectivity index (χ4v) is 3.26. The van der Waals surface area contributed by atoms with Crippen LogP contribution >= 0.6 is 23.2 Å². The van der Waals surface area contributed by atoms with Crippen molar-refractivity contribution in [2.45, 2.75) is 32.2 Å². The zero-order valence-corrected chi connectivity index (χ0v) is 13.9. The number of carboxylic acids is 1. The van der Waals surface area contributed by atoms with Crippen LogP contribution < -0.4 is 0 Å². The molecule has 1 saturated carbocycles. The lowest BCUT2D eigenvalue weighted by atomic mass is 9.81. The molecule has 1 aliphatic carbocycles. The van der Waals surface area contributed by atoms with Gasteiger partial charge in [-0.25, -0.2) is 0 Å². The summed E-state index contributed by atoms with van der Waals surface area (Å²) in [6.07, 6.45) is 2.64. The molecule has 1 fully saturated rings. The van der Waals surface area contributed by atoms with Crippen molar-refractivity contribution in [1.29, 1.82) is 0 Å². The van der Waals surface area contributed by atoms with E-state index in [9.17, 15) is 9.59 Å². The molecule has 1 N–H and O–H groups in total. The van der Waals surface area contributed by atoms with Crippen LogP contribution in [0.3, 0.4) is 0 Å². The minimum absolute atomic E-state index is 0.00276. The maximum atomic E-state index is 12.5. The number of hydrogen-bond acceptors (Lipinski definition) is 2. The third-order valence-electron chi connectivity index (χ3n) is 4.15. The summed E-state index contributed by atoms with van der Waals surface area (Å²) in [5.41, 5.74) is 0.899. The van der Waals surface area contributed by atoms with E-state index in [1.165, 1.54) is 0 Å². The molecule has 2 rings (SSSR count). The number of amides is 1. The van der Waals surface area contributed by atoms with E-state index < -0.39 is 11.9 Å². The zero-order valence-electron chi connectivity index (χ0n) is 12.4. The molecular formula is C16H19Cl2NO3. The van der Waals surface area contributed by atoms with Crippen molar-refractivity contribution in [1.82, 2.24) is 4.90 Å². The fraction of sp³-hybridized carbons (Fsp3) is 0.500. The Morgan fingerprint density at radius 2 is 1.91 bits per heavy atom. The molecule has 1 amide bonds. The summed E-state index contributed by atoms with van der Waals surface area (Å²) in [5, 5.41) is 10.1. The number of carboxylic acid groups (broad SMARTS) is 1. The molecular weight excluding hydrogens is 325 g/mol. The van der Waals surface area contributed by atoms with Crippen LogP contribution in [0.1, 0.15) is 31.2 Å². The third-order valence-corrected chi connectivity index (χ3v) is 4.89. The number of carbonyl (C=O) groups is 2. The van der Waals surface area contributed by atoms with E-state index in [-0.39, 0.29) is 11.8 Å². The Morgan fingerprint density at radius 1 is 1.23 bits per heavy atom. The number of aliphatic carboxylic acids is 1. The number of nitrogens with zero attached hydrogens (tertiary/aromatic N) is 1. The fourth-order valence-electron chi connectivity index (χ4n) is 2.94. The Hall–Kier alpha value is -1.26. The van der Waals surface area contributed by atoms with E-state index in [4.69, 9.17) is 28.3 Å². The van der Waals surface area contributed by atoms with Crippen LogP contribution in [-0.4, -0.2) is 28.9 Å². The van der Waals surface area contributed by atoms with Crippen molar-refractivity contribution in [2.75, 3.05) is 7.05 Å². The molecule has 0 radical (unpaired) electrons. The van der Waals surface area contributed by atoms with Crippen LogP contribution in [0, 0.1) is 11.8 Å². The van der Waals surface area contributed by atoms with Gasteiger partial charge in [-0.2, -0.15) is 0 Å². The molecule has 1 aromatic rings. The minimum atomic E-state index is -0.801. The van der Waals surface area contributed by atoms with Gasteiger partial charge in [0.1, 0.15) is 0 Å². The van der Waals surface area contributed by atoms with E-state index in [1.807, 2.05) is 6.07 Å². The summed E-state index contributed by atoms with van der Waals surface area (Å²) in [5.74, 6) is -1.41. The highest BCUT2D eigenvalue weighted by Crippen LogP contribution is 2.31. The molecule has 0 aliphatic heterocycles. The van der Waals surface area contributed by atoms with Gasteiger partial charge < -0.3 is 10.0 Å². The van der Waals surface area contributed by atoms with Gasteiger partial charge in [-0.05, 0) is 37.0 Å². The van der Waals surface area contributed by atoms with Gasteiger partial charge in [0.2, 0.25) is 5.91 Å². The van der Waals surface area contributed by atoms with Gasteiger partial charge in [0.25, 0.3) is 0 Å². The molecule has 6 heteroatoms. The van der Waals surface area contributed by atoms with Crippen molar-refractivity contribution < 1.29 is 14.7 Å². The zero-order chi connectivity index (χ0) is 16.3. The van der Waals surface area contributed by atoms with Crippen LogP contribution in [0.25, 0.3) is 0 Å². The van der Waals surface area contributed by atoms with Gasteiger partial charge in [0, 0.05) is 19.5 Å². The summed E-state index contributed by atoms with van der Waals surface area (Å²) in [6.45, 7) is 0.434. The van der Waals surface area contributed by atoms with E-state index in [0.29, 0.717) is 29.4 Å². The first-order chi connectivity index (χ1) is 10.4. The molecule has 22 heavy (non-hydrogen) atoms. The Labute approximate surface area is 140 Å². The Morgan fingerprint density at radius 3 is 2.55 bits per heavy atom. The second-order valence-electron chi connectivity index (χ2n) is 5.84. The van der Waals surface area contributed by atoms with Crippen molar-refractivity contribution in [3.63, 3.8) is 0 Å². The van der Waals surface area contributed by atoms with Crippen LogP contribution in [0.2, 0.25) is 10.0 Å².